The fourth-order valence-electron chi connectivity index (χ4n) is 2.12. The average molecular weight is 307 g/mol. The maximum absolute atomic E-state index is 12.4. The molecular formula is C16H21NO3S. The van der Waals surface area contributed by atoms with Crippen LogP contribution in [0.1, 0.15) is 27.2 Å². The Morgan fingerprint density at radius 1 is 1.24 bits per heavy atom. The predicted molar refractivity (Wildman–Crippen MR) is 83.6 cm³/mol. The summed E-state index contributed by atoms with van der Waals surface area (Å²) in [5.74, 6) is 0. The van der Waals surface area contributed by atoms with Crippen molar-refractivity contribution in [2.45, 2.75) is 49.0 Å². The largest absolute Gasteiger partial charge is 0.444 e. The Morgan fingerprint density at radius 2 is 1.90 bits per heavy atom. The first-order valence-electron chi connectivity index (χ1n) is 6.98. The number of rotatable bonds is 3. The van der Waals surface area contributed by atoms with Crippen LogP contribution in [0.3, 0.4) is 0 Å². The molecule has 21 heavy (non-hydrogen) atoms. The summed E-state index contributed by atoms with van der Waals surface area (Å²) in [7, 11) is -1.09. The molecule has 1 amide bonds. The van der Waals surface area contributed by atoms with Crippen LogP contribution in [0.2, 0.25) is 0 Å². The van der Waals surface area contributed by atoms with Crippen molar-refractivity contribution in [3.63, 3.8) is 0 Å². The molecule has 0 fully saturated rings. The molecule has 1 aromatic rings. The average Bonchev–Trinajstić information content (AvgIpc) is 2.85. The fraction of sp³-hybridized carbons (Fsp3) is 0.438. The van der Waals surface area contributed by atoms with Crippen LogP contribution < -0.4 is 5.32 Å². The van der Waals surface area contributed by atoms with Gasteiger partial charge in [0.25, 0.3) is 0 Å². The van der Waals surface area contributed by atoms with Gasteiger partial charge >= 0.3 is 6.09 Å². The van der Waals surface area contributed by atoms with Crippen LogP contribution in [0.15, 0.2) is 47.4 Å². The van der Waals surface area contributed by atoms with Crippen molar-refractivity contribution in [1.29, 1.82) is 0 Å². The number of carbonyl (C=O) groups is 1. The number of alkyl carbamates (subject to hydrolysis) is 1. The van der Waals surface area contributed by atoms with Gasteiger partial charge in [-0.2, -0.15) is 0 Å². The molecule has 2 rings (SSSR count). The van der Waals surface area contributed by atoms with Gasteiger partial charge in [0.1, 0.15) is 5.60 Å². The minimum Gasteiger partial charge on any atom is -0.444 e. The van der Waals surface area contributed by atoms with Crippen molar-refractivity contribution in [2.24, 2.45) is 0 Å². The molecular weight excluding hydrogens is 286 g/mol. The summed E-state index contributed by atoms with van der Waals surface area (Å²) >= 11 is 0. The molecule has 1 aliphatic carbocycles. The maximum atomic E-state index is 12.4. The molecule has 4 nitrogen and oxygen atoms in total. The predicted octanol–water partition coefficient (Wildman–Crippen LogP) is 3.02. The molecule has 1 aromatic carbocycles. The Labute approximate surface area is 128 Å². The van der Waals surface area contributed by atoms with Crippen molar-refractivity contribution in [3.8, 4) is 0 Å². The van der Waals surface area contributed by atoms with Gasteiger partial charge in [0.2, 0.25) is 0 Å². The molecule has 5 heteroatoms. The number of benzene rings is 1. The van der Waals surface area contributed by atoms with Gasteiger partial charge < -0.3 is 10.1 Å². The van der Waals surface area contributed by atoms with Gasteiger partial charge in [-0.1, -0.05) is 30.4 Å². The normalized spacial score (nSPS) is 22.8. The molecule has 114 valence electrons. The van der Waals surface area contributed by atoms with Crippen LogP contribution in [-0.4, -0.2) is 27.2 Å². The lowest BCUT2D eigenvalue weighted by molar-refractivity contribution is 0.0514. The summed E-state index contributed by atoms with van der Waals surface area (Å²) in [5, 5.41) is 2.71. The summed E-state index contributed by atoms with van der Waals surface area (Å²) in [5.41, 5.74) is -0.515. The zero-order valence-electron chi connectivity index (χ0n) is 12.5. The Bertz CT molecular complexity index is 548. The summed E-state index contributed by atoms with van der Waals surface area (Å²) in [6, 6.07) is 9.25. The van der Waals surface area contributed by atoms with Gasteiger partial charge in [0.15, 0.2) is 0 Å². The maximum Gasteiger partial charge on any atom is 0.408 e. The summed E-state index contributed by atoms with van der Waals surface area (Å²) in [4.78, 5) is 12.5. The Kier molecular flexibility index (Phi) is 4.83. The highest BCUT2D eigenvalue weighted by Crippen LogP contribution is 2.22. The van der Waals surface area contributed by atoms with E-state index < -0.39 is 22.5 Å². The van der Waals surface area contributed by atoms with Crippen molar-refractivity contribution >= 4 is 16.9 Å². The van der Waals surface area contributed by atoms with Gasteiger partial charge in [-0.3, -0.25) is 4.21 Å². The van der Waals surface area contributed by atoms with E-state index in [2.05, 4.69) is 5.32 Å². The van der Waals surface area contributed by atoms with Gasteiger partial charge in [0.05, 0.1) is 22.1 Å². The SMILES string of the molecule is CC(C)(C)OC(=O)N[C@@H]1C=C[C@H](S(=O)c2ccccc2)C1. The first kappa shape index (κ1) is 15.8. The van der Waals surface area contributed by atoms with Gasteiger partial charge in [-0.05, 0) is 39.3 Å². The van der Waals surface area contributed by atoms with Crippen LogP contribution >= 0.6 is 0 Å². The molecule has 0 radical (unpaired) electrons. The van der Waals surface area contributed by atoms with E-state index >= 15 is 0 Å². The standard InChI is InChI=1S/C16H21NO3S/c1-16(2,3)20-15(18)17-12-9-10-14(11-12)21(19)13-7-5-4-6-8-13/h4-10,12,14H,11H2,1-3H3,(H,17,18)/t12-,14+,21?/m1/s1. The Morgan fingerprint density at radius 3 is 2.52 bits per heavy atom. The van der Waals surface area contributed by atoms with E-state index in [4.69, 9.17) is 4.74 Å². The highest BCUT2D eigenvalue weighted by molar-refractivity contribution is 7.85. The second-order valence-corrected chi connectivity index (χ2v) is 7.69. The van der Waals surface area contributed by atoms with Crippen molar-refractivity contribution in [1.82, 2.24) is 5.32 Å². The third-order valence-electron chi connectivity index (χ3n) is 3.00. The second kappa shape index (κ2) is 6.43. The van der Waals surface area contributed by atoms with Gasteiger partial charge in [0, 0.05) is 4.90 Å². The number of hydrogen-bond donors (Lipinski definition) is 1. The van der Waals surface area contributed by atoms with Crippen molar-refractivity contribution < 1.29 is 13.7 Å². The smallest absolute Gasteiger partial charge is 0.408 e. The van der Waals surface area contributed by atoms with E-state index in [1.54, 1.807) is 0 Å². The molecule has 0 aromatic heterocycles. The molecule has 0 aliphatic heterocycles. The van der Waals surface area contributed by atoms with E-state index in [0.717, 1.165) is 4.90 Å². The van der Waals surface area contributed by atoms with E-state index in [9.17, 15) is 9.00 Å². The summed E-state index contributed by atoms with van der Waals surface area (Å²) in [6.07, 6.45) is 3.98. The summed E-state index contributed by atoms with van der Waals surface area (Å²) in [6.45, 7) is 5.47. The first-order valence-corrected chi connectivity index (χ1v) is 8.20. The molecule has 1 aliphatic rings. The van der Waals surface area contributed by atoms with E-state index in [-0.39, 0.29) is 11.3 Å². The molecule has 3 atom stereocenters. The zero-order chi connectivity index (χ0) is 15.5. The number of carbonyl (C=O) groups excluding carboxylic acids is 1. The van der Waals surface area contributed by atoms with Crippen LogP contribution in [0.4, 0.5) is 4.79 Å². The van der Waals surface area contributed by atoms with Crippen LogP contribution in [0, 0.1) is 0 Å². The van der Waals surface area contributed by atoms with Crippen LogP contribution in [0.5, 0.6) is 0 Å². The number of hydrogen-bond acceptors (Lipinski definition) is 3. The third-order valence-corrected chi connectivity index (χ3v) is 4.63. The van der Waals surface area contributed by atoms with E-state index in [1.165, 1.54) is 0 Å². The molecule has 0 saturated heterocycles. The van der Waals surface area contributed by atoms with Crippen LogP contribution in [0.25, 0.3) is 0 Å². The minimum absolute atomic E-state index is 0.0765. The highest BCUT2D eigenvalue weighted by Gasteiger charge is 2.27. The number of ether oxygens (including phenoxy) is 1. The molecule has 0 bridgehead atoms. The quantitative estimate of drug-likeness (QED) is 0.873. The zero-order valence-corrected chi connectivity index (χ0v) is 13.4. The lowest BCUT2D eigenvalue weighted by Crippen LogP contribution is -2.38. The highest BCUT2D eigenvalue weighted by atomic mass is 32.2. The van der Waals surface area contributed by atoms with Gasteiger partial charge in [-0.25, -0.2) is 4.79 Å². The summed E-state index contributed by atoms with van der Waals surface area (Å²) < 4.78 is 17.6. The van der Waals surface area contributed by atoms with E-state index in [0.29, 0.717) is 6.42 Å². The topological polar surface area (TPSA) is 55.4 Å². The lowest BCUT2D eigenvalue weighted by atomic mass is 10.2. The van der Waals surface area contributed by atoms with Crippen LogP contribution in [-0.2, 0) is 15.5 Å². The fourth-order valence-corrected chi connectivity index (χ4v) is 3.51. The number of amides is 1. The molecule has 0 saturated carbocycles. The molecule has 0 spiro atoms. The van der Waals surface area contributed by atoms with E-state index in [1.807, 2.05) is 63.3 Å². The lowest BCUT2D eigenvalue weighted by Gasteiger charge is -2.21. The van der Waals surface area contributed by atoms with Gasteiger partial charge in [-0.15, -0.1) is 0 Å². The molecule has 0 heterocycles. The Balaban J connectivity index is 1.89. The number of nitrogens with one attached hydrogen (secondary N) is 1. The minimum atomic E-state index is -1.09. The molecule has 1 unspecified atom stereocenters. The monoisotopic (exact) mass is 307 g/mol. The Hall–Kier alpha value is -1.62. The second-order valence-electron chi connectivity index (χ2n) is 6.02. The molecule has 1 N–H and O–H groups in total. The third kappa shape index (κ3) is 4.70. The van der Waals surface area contributed by atoms with Crippen molar-refractivity contribution in [2.75, 3.05) is 0 Å². The first-order chi connectivity index (χ1) is 9.85. The van der Waals surface area contributed by atoms with Crippen molar-refractivity contribution in [3.05, 3.63) is 42.5 Å².